The summed E-state index contributed by atoms with van der Waals surface area (Å²) in [6.45, 7) is 2.04. The second-order valence-corrected chi connectivity index (χ2v) is 6.34. The fourth-order valence-corrected chi connectivity index (χ4v) is 3.92. The normalized spacial score (nSPS) is 22.6. The highest BCUT2D eigenvalue weighted by molar-refractivity contribution is 5.22. The molecule has 2 aromatic rings. The van der Waals surface area contributed by atoms with E-state index in [2.05, 4.69) is 22.6 Å². The lowest BCUT2D eigenvalue weighted by Crippen LogP contribution is -2.24. The Balaban J connectivity index is 1.61. The molecular formula is C17H23N3O. The number of fused-ring (bicyclic) bond motifs is 1. The van der Waals surface area contributed by atoms with Gasteiger partial charge in [0.1, 0.15) is 11.6 Å². The van der Waals surface area contributed by atoms with Crippen LogP contribution in [0.15, 0.2) is 22.8 Å². The third-order valence-electron chi connectivity index (χ3n) is 5.01. The molecule has 2 aliphatic rings. The molecule has 21 heavy (non-hydrogen) atoms. The van der Waals surface area contributed by atoms with Crippen LogP contribution >= 0.6 is 0 Å². The summed E-state index contributed by atoms with van der Waals surface area (Å²) in [4.78, 5) is 7.52. The first-order valence-corrected chi connectivity index (χ1v) is 8.14. The third-order valence-corrected chi connectivity index (χ3v) is 5.01. The maximum absolute atomic E-state index is 5.52. The van der Waals surface area contributed by atoms with Crippen molar-refractivity contribution in [3.8, 4) is 0 Å². The van der Waals surface area contributed by atoms with Gasteiger partial charge in [-0.05, 0) is 57.2 Å². The zero-order valence-electron chi connectivity index (χ0n) is 12.7. The van der Waals surface area contributed by atoms with Crippen LogP contribution in [0.3, 0.4) is 0 Å². The number of hydrogen-bond donors (Lipinski definition) is 0. The fraction of sp³-hybridized carbons (Fsp3) is 0.588. The summed E-state index contributed by atoms with van der Waals surface area (Å²) in [5.74, 6) is 2.33. The molecule has 1 saturated heterocycles. The molecule has 3 heterocycles. The van der Waals surface area contributed by atoms with Crippen molar-refractivity contribution >= 4 is 0 Å². The molecule has 1 atom stereocenters. The number of nitrogens with zero attached hydrogens (tertiary/aromatic N) is 3. The lowest BCUT2D eigenvalue weighted by Gasteiger charge is -2.23. The first-order chi connectivity index (χ1) is 10.3. The van der Waals surface area contributed by atoms with E-state index in [-0.39, 0.29) is 0 Å². The molecule has 0 saturated carbocycles. The van der Waals surface area contributed by atoms with Gasteiger partial charge in [0.2, 0.25) is 0 Å². The van der Waals surface area contributed by atoms with E-state index in [0.29, 0.717) is 6.04 Å². The molecule has 0 spiro atoms. The number of aryl methyl sites for hydroxylation is 1. The maximum Gasteiger partial charge on any atom is 0.126 e. The molecule has 112 valence electrons. The van der Waals surface area contributed by atoms with Gasteiger partial charge in [0.25, 0.3) is 0 Å². The van der Waals surface area contributed by atoms with Crippen molar-refractivity contribution in [1.82, 2.24) is 14.5 Å². The second kappa shape index (κ2) is 5.34. The average molecular weight is 285 g/mol. The number of aromatic nitrogens is 2. The predicted octanol–water partition coefficient (Wildman–Crippen LogP) is 3.23. The molecule has 1 fully saturated rings. The van der Waals surface area contributed by atoms with Crippen LogP contribution in [0, 0.1) is 0 Å². The van der Waals surface area contributed by atoms with Crippen molar-refractivity contribution in [2.45, 2.75) is 51.1 Å². The molecule has 0 unspecified atom stereocenters. The minimum absolute atomic E-state index is 0.450. The van der Waals surface area contributed by atoms with Crippen molar-refractivity contribution in [3.63, 3.8) is 0 Å². The molecule has 1 aliphatic carbocycles. The van der Waals surface area contributed by atoms with Crippen LogP contribution in [0.25, 0.3) is 0 Å². The van der Waals surface area contributed by atoms with Gasteiger partial charge in [-0.2, -0.15) is 0 Å². The van der Waals surface area contributed by atoms with Crippen molar-refractivity contribution in [1.29, 1.82) is 0 Å². The predicted molar refractivity (Wildman–Crippen MR) is 80.9 cm³/mol. The molecular weight excluding hydrogens is 262 g/mol. The number of rotatable bonds is 3. The van der Waals surface area contributed by atoms with Crippen LogP contribution in [-0.4, -0.2) is 21.0 Å². The molecule has 0 amide bonds. The van der Waals surface area contributed by atoms with E-state index in [1.54, 1.807) is 6.26 Å². The van der Waals surface area contributed by atoms with E-state index in [1.165, 1.54) is 49.3 Å². The van der Waals surface area contributed by atoms with E-state index in [4.69, 9.17) is 9.40 Å². The van der Waals surface area contributed by atoms with Crippen molar-refractivity contribution < 1.29 is 4.42 Å². The summed E-state index contributed by atoms with van der Waals surface area (Å²) in [6, 6.07) is 4.49. The highest BCUT2D eigenvalue weighted by atomic mass is 16.3. The van der Waals surface area contributed by atoms with Gasteiger partial charge in [0, 0.05) is 12.7 Å². The molecule has 4 heteroatoms. The van der Waals surface area contributed by atoms with Crippen LogP contribution < -0.4 is 0 Å². The Kier molecular flexibility index (Phi) is 3.34. The van der Waals surface area contributed by atoms with Gasteiger partial charge >= 0.3 is 0 Å². The SMILES string of the molecule is Cn1c([C@H]2CCCN2Cc2ccco2)nc2c1CCCC2. The smallest absolute Gasteiger partial charge is 0.126 e. The molecule has 1 aliphatic heterocycles. The standard InChI is InChI=1S/C17H23N3O/c1-19-15-8-3-2-7-14(15)18-17(19)16-9-4-10-20(16)12-13-6-5-11-21-13/h5-6,11,16H,2-4,7-10,12H2,1H3/t16-/m1/s1. The van der Waals surface area contributed by atoms with Crippen molar-refractivity contribution in [3.05, 3.63) is 41.4 Å². The van der Waals surface area contributed by atoms with Crippen LogP contribution in [-0.2, 0) is 26.4 Å². The van der Waals surface area contributed by atoms with E-state index in [0.717, 1.165) is 25.3 Å². The summed E-state index contributed by atoms with van der Waals surface area (Å²) in [6.07, 6.45) is 9.20. The molecule has 0 bridgehead atoms. The Morgan fingerprint density at radius 2 is 2.19 bits per heavy atom. The van der Waals surface area contributed by atoms with Gasteiger partial charge in [-0.15, -0.1) is 0 Å². The van der Waals surface area contributed by atoms with Gasteiger partial charge in [0.05, 0.1) is 24.5 Å². The quantitative estimate of drug-likeness (QED) is 0.868. The van der Waals surface area contributed by atoms with Gasteiger partial charge in [-0.3, -0.25) is 4.90 Å². The first kappa shape index (κ1) is 13.1. The molecule has 2 aromatic heterocycles. The van der Waals surface area contributed by atoms with Crippen LogP contribution in [0.2, 0.25) is 0 Å². The van der Waals surface area contributed by atoms with E-state index >= 15 is 0 Å². The lowest BCUT2D eigenvalue weighted by atomic mass is 10.0. The highest BCUT2D eigenvalue weighted by Gasteiger charge is 2.31. The minimum atomic E-state index is 0.450. The summed E-state index contributed by atoms with van der Waals surface area (Å²) in [5.41, 5.74) is 2.82. The van der Waals surface area contributed by atoms with Crippen LogP contribution in [0.5, 0.6) is 0 Å². The summed E-state index contributed by atoms with van der Waals surface area (Å²) < 4.78 is 7.90. The topological polar surface area (TPSA) is 34.2 Å². The Bertz CT molecular complexity index is 614. The Labute approximate surface area is 125 Å². The molecule has 0 aromatic carbocycles. The van der Waals surface area contributed by atoms with Crippen LogP contribution in [0.4, 0.5) is 0 Å². The number of furan rings is 1. The van der Waals surface area contributed by atoms with Gasteiger partial charge in [0.15, 0.2) is 0 Å². The number of likely N-dealkylation sites (tertiary alicyclic amines) is 1. The number of imidazole rings is 1. The van der Waals surface area contributed by atoms with Gasteiger partial charge < -0.3 is 8.98 Å². The number of hydrogen-bond acceptors (Lipinski definition) is 3. The largest absolute Gasteiger partial charge is 0.468 e. The second-order valence-electron chi connectivity index (χ2n) is 6.34. The average Bonchev–Trinajstić information content (AvgIpc) is 3.21. The first-order valence-electron chi connectivity index (χ1n) is 8.14. The third kappa shape index (κ3) is 2.31. The Morgan fingerprint density at radius 3 is 3.00 bits per heavy atom. The molecule has 4 rings (SSSR count). The summed E-state index contributed by atoms with van der Waals surface area (Å²) in [5, 5.41) is 0. The van der Waals surface area contributed by atoms with Crippen LogP contribution in [0.1, 0.15) is 54.7 Å². The van der Waals surface area contributed by atoms with Gasteiger partial charge in [-0.25, -0.2) is 4.98 Å². The Hall–Kier alpha value is -1.55. The van der Waals surface area contributed by atoms with Crippen molar-refractivity contribution in [2.75, 3.05) is 6.54 Å². The monoisotopic (exact) mass is 285 g/mol. The fourth-order valence-electron chi connectivity index (χ4n) is 3.92. The molecule has 4 nitrogen and oxygen atoms in total. The molecule has 0 N–H and O–H groups in total. The zero-order valence-corrected chi connectivity index (χ0v) is 12.7. The Morgan fingerprint density at radius 1 is 1.29 bits per heavy atom. The van der Waals surface area contributed by atoms with E-state index in [1.807, 2.05) is 6.07 Å². The van der Waals surface area contributed by atoms with Crippen molar-refractivity contribution in [2.24, 2.45) is 7.05 Å². The zero-order chi connectivity index (χ0) is 14.2. The maximum atomic E-state index is 5.52. The summed E-state index contributed by atoms with van der Waals surface area (Å²) in [7, 11) is 2.20. The highest BCUT2D eigenvalue weighted by Crippen LogP contribution is 2.34. The van der Waals surface area contributed by atoms with E-state index in [9.17, 15) is 0 Å². The van der Waals surface area contributed by atoms with E-state index < -0.39 is 0 Å². The lowest BCUT2D eigenvalue weighted by molar-refractivity contribution is 0.217. The van der Waals surface area contributed by atoms with Gasteiger partial charge in [-0.1, -0.05) is 0 Å². The minimum Gasteiger partial charge on any atom is -0.468 e. The molecule has 0 radical (unpaired) electrons. The summed E-state index contributed by atoms with van der Waals surface area (Å²) >= 11 is 0.